The van der Waals surface area contributed by atoms with Gasteiger partial charge in [-0.3, -0.25) is 19.3 Å². The maximum absolute atomic E-state index is 13.1. The summed E-state index contributed by atoms with van der Waals surface area (Å²) in [4.78, 5) is 25.9. The molecule has 10 heteroatoms. The number of hydrogen-bond donors (Lipinski definition) is 2. The predicted octanol–water partition coefficient (Wildman–Crippen LogP) is 4.41. The third-order valence-corrected chi connectivity index (χ3v) is 6.03. The molecule has 2 aromatic heterocycles. The number of nitrogens with one attached hydrogen (secondary N) is 2. The monoisotopic (exact) mass is 494 g/mol. The number of carbonyl (C=O) groups excluding carboxylic acids is 2. The highest BCUT2D eigenvalue weighted by atomic mass is 79.9. The Morgan fingerprint density at radius 2 is 2.17 bits per heavy atom. The van der Waals surface area contributed by atoms with E-state index in [4.69, 9.17) is 17.0 Å². The number of halogens is 1. The van der Waals surface area contributed by atoms with Crippen molar-refractivity contribution in [2.24, 2.45) is 0 Å². The Bertz CT molecular complexity index is 1060. The maximum Gasteiger partial charge on any atom is 0.307 e. The van der Waals surface area contributed by atoms with Crippen LogP contribution < -0.4 is 5.32 Å². The van der Waals surface area contributed by atoms with Gasteiger partial charge in [-0.1, -0.05) is 34.1 Å². The Kier molecular flexibility index (Phi) is 6.99. The fraction of sp³-hybridized carbons (Fsp3) is 0.263. The quantitative estimate of drug-likeness (QED) is 0.375. The van der Waals surface area contributed by atoms with Crippen LogP contribution >= 0.6 is 39.5 Å². The van der Waals surface area contributed by atoms with E-state index in [1.807, 2.05) is 41.8 Å². The lowest BCUT2D eigenvalue weighted by molar-refractivity contribution is -0.141. The number of benzene rings is 1. The molecular formula is C19H19BrN4O3S2. The van der Waals surface area contributed by atoms with Crippen LogP contribution in [0.3, 0.4) is 0 Å². The van der Waals surface area contributed by atoms with Crippen LogP contribution in [0.15, 0.2) is 46.3 Å². The van der Waals surface area contributed by atoms with E-state index < -0.39 is 18.1 Å². The van der Waals surface area contributed by atoms with Gasteiger partial charge >= 0.3 is 5.97 Å². The lowest BCUT2D eigenvalue weighted by atomic mass is 10.0. The highest BCUT2D eigenvalue weighted by Gasteiger charge is 2.25. The van der Waals surface area contributed by atoms with E-state index in [-0.39, 0.29) is 12.3 Å². The minimum atomic E-state index is -0.634. The van der Waals surface area contributed by atoms with Crippen molar-refractivity contribution >= 4 is 51.4 Å². The summed E-state index contributed by atoms with van der Waals surface area (Å²) < 4.78 is 7.67. The molecule has 29 heavy (non-hydrogen) atoms. The average Bonchev–Trinajstić information content (AvgIpc) is 3.36. The van der Waals surface area contributed by atoms with Gasteiger partial charge in [-0.05, 0) is 48.3 Å². The molecule has 0 aliphatic carbocycles. The van der Waals surface area contributed by atoms with E-state index in [0.29, 0.717) is 10.6 Å². The number of aromatic amines is 1. The van der Waals surface area contributed by atoms with Crippen LogP contribution in [0.25, 0.3) is 10.7 Å². The Hall–Kier alpha value is -2.30. The molecule has 0 spiro atoms. The summed E-state index contributed by atoms with van der Waals surface area (Å²) in [6, 6.07) is 10.1. The van der Waals surface area contributed by atoms with E-state index in [9.17, 15) is 9.59 Å². The number of nitrogens with zero attached hydrogens (tertiary/aromatic N) is 2. The SMILES string of the molecule is COC(=O)CC(NC(=O)C(C)n1c(-c2cccs2)n[nH]c1=S)c1cccc(Br)c1. The first-order chi connectivity index (χ1) is 13.9. The molecular weight excluding hydrogens is 476 g/mol. The average molecular weight is 495 g/mol. The molecule has 0 aliphatic rings. The van der Waals surface area contributed by atoms with Gasteiger partial charge in [-0.15, -0.1) is 11.3 Å². The number of esters is 1. The highest BCUT2D eigenvalue weighted by molar-refractivity contribution is 9.10. The van der Waals surface area contributed by atoms with Gasteiger partial charge in [0.05, 0.1) is 24.4 Å². The van der Waals surface area contributed by atoms with Crippen molar-refractivity contribution in [3.63, 3.8) is 0 Å². The summed E-state index contributed by atoms with van der Waals surface area (Å²) in [5, 5.41) is 11.9. The van der Waals surface area contributed by atoms with Crippen molar-refractivity contribution in [3.8, 4) is 10.7 Å². The molecule has 0 radical (unpaired) electrons. The Labute approximate surface area is 185 Å². The number of carbonyl (C=O) groups is 2. The summed E-state index contributed by atoms with van der Waals surface area (Å²) in [5.41, 5.74) is 0.791. The second-order valence-electron chi connectivity index (χ2n) is 6.27. The first-order valence-corrected chi connectivity index (χ1v) is 10.8. The molecule has 152 valence electrons. The number of H-pyrrole nitrogens is 1. The van der Waals surface area contributed by atoms with Crippen LogP contribution in [0.1, 0.15) is 31.0 Å². The molecule has 2 heterocycles. The number of thiophene rings is 1. The fourth-order valence-corrected chi connectivity index (χ4v) is 4.30. The van der Waals surface area contributed by atoms with Crippen molar-refractivity contribution in [1.29, 1.82) is 0 Å². The summed E-state index contributed by atoms with van der Waals surface area (Å²) in [7, 11) is 1.32. The summed E-state index contributed by atoms with van der Waals surface area (Å²) in [6.07, 6.45) is 0.0139. The zero-order valence-electron chi connectivity index (χ0n) is 15.7. The number of amides is 1. The predicted molar refractivity (Wildman–Crippen MR) is 117 cm³/mol. The molecule has 1 amide bonds. The summed E-state index contributed by atoms with van der Waals surface area (Å²) in [5.74, 6) is -0.101. The lowest BCUT2D eigenvalue weighted by Crippen LogP contribution is -2.35. The number of aromatic nitrogens is 3. The van der Waals surface area contributed by atoms with Crippen molar-refractivity contribution in [1.82, 2.24) is 20.1 Å². The van der Waals surface area contributed by atoms with Gasteiger partial charge < -0.3 is 10.1 Å². The molecule has 2 atom stereocenters. The fourth-order valence-electron chi connectivity index (χ4n) is 2.88. The minimum Gasteiger partial charge on any atom is -0.469 e. The van der Waals surface area contributed by atoms with Crippen LogP contribution in [0.4, 0.5) is 0 Å². The minimum absolute atomic E-state index is 0.0139. The van der Waals surface area contributed by atoms with E-state index in [1.165, 1.54) is 18.4 Å². The van der Waals surface area contributed by atoms with Gasteiger partial charge in [-0.2, -0.15) is 5.10 Å². The van der Waals surface area contributed by atoms with Crippen LogP contribution in [0, 0.1) is 4.77 Å². The number of methoxy groups -OCH3 is 1. The molecule has 0 bridgehead atoms. The molecule has 0 saturated heterocycles. The van der Waals surface area contributed by atoms with E-state index in [0.717, 1.165) is 14.9 Å². The largest absolute Gasteiger partial charge is 0.469 e. The van der Waals surface area contributed by atoms with Crippen LogP contribution in [-0.4, -0.2) is 33.8 Å². The summed E-state index contributed by atoms with van der Waals surface area (Å²) in [6.45, 7) is 1.74. The van der Waals surface area contributed by atoms with E-state index in [1.54, 1.807) is 11.5 Å². The number of rotatable bonds is 7. The van der Waals surface area contributed by atoms with Crippen molar-refractivity contribution in [2.45, 2.75) is 25.4 Å². The topological polar surface area (TPSA) is 89.0 Å². The second kappa shape index (κ2) is 9.47. The van der Waals surface area contributed by atoms with Gasteiger partial charge in [0.1, 0.15) is 6.04 Å². The smallest absolute Gasteiger partial charge is 0.307 e. The van der Waals surface area contributed by atoms with E-state index in [2.05, 4.69) is 31.4 Å². The molecule has 0 fully saturated rings. The zero-order valence-corrected chi connectivity index (χ0v) is 18.9. The van der Waals surface area contributed by atoms with Gasteiger partial charge in [-0.25, -0.2) is 0 Å². The number of ether oxygens (including phenoxy) is 1. The van der Waals surface area contributed by atoms with Crippen LogP contribution in [0.2, 0.25) is 0 Å². The molecule has 0 saturated carbocycles. The molecule has 0 aliphatic heterocycles. The van der Waals surface area contributed by atoms with Crippen molar-refractivity contribution < 1.29 is 14.3 Å². The summed E-state index contributed by atoms with van der Waals surface area (Å²) >= 11 is 10.3. The Morgan fingerprint density at radius 1 is 1.38 bits per heavy atom. The maximum atomic E-state index is 13.1. The lowest BCUT2D eigenvalue weighted by Gasteiger charge is -2.22. The first-order valence-electron chi connectivity index (χ1n) is 8.74. The Morgan fingerprint density at radius 3 is 2.83 bits per heavy atom. The third-order valence-electron chi connectivity index (χ3n) is 4.38. The molecule has 3 aromatic rings. The van der Waals surface area contributed by atoms with Crippen LogP contribution in [-0.2, 0) is 14.3 Å². The van der Waals surface area contributed by atoms with Gasteiger partial charge in [0, 0.05) is 4.47 Å². The normalized spacial score (nSPS) is 12.9. The molecule has 3 rings (SSSR count). The Balaban J connectivity index is 1.87. The number of hydrogen-bond acceptors (Lipinski definition) is 6. The molecule has 1 aromatic carbocycles. The van der Waals surface area contributed by atoms with Gasteiger partial charge in [0.15, 0.2) is 10.6 Å². The highest BCUT2D eigenvalue weighted by Crippen LogP contribution is 2.27. The third kappa shape index (κ3) is 5.01. The van der Waals surface area contributed by atoms with Crippen molar-refractivity contribution in [3.05, 3.63) is 56.6 Å². The second-order valence-corrected chi connectivity index (χ2v) is 8.52. The molecule has 2 unspecified atom stereocenters. The van der Waals surface area contributed by atoms with Gasteiger partial charge in [0.25, 0.3) is 0 Å². The molecule has 2 N–H and O–H groups in total. The van der Waals surface area contributed by atoms with E-state index >= 15 is 0 Å². The zero-order chi connectivity index (χ0) is 21.0. The van der Waals surface area contributed by atoms with Crippen molar-refractivity contribution in [2.75, 3.05) is 7.11 Å². The molecule has 7 nitrogen and oxygen atoms in total. The van der Waals surface area contributed by atoms with Gasteiger partial charge in [0.2, 0.25) is 5.91 Å². The standard InChI is InChI=1S/C19H19BrN4O3S2/c1-11(24-17(22-23-19(24)28)15-7-4-8-29-15)18(26)21-14(10-16(25)27-2)12-5-3-6-13(20)9-12/h3-9,11,14H,10H2,1-2H3,(H,21,26)(H,23,28). The first kappa shape index (κ1) is 21.4. The van der Waals surface area contributed by atoms with Crippen LogP contribution in [0.5, 0.6) is 0 Å².